The number of aromatic nitrogens is 1. The number of likely N-dealkylation sites (N-methyl/N-ethyl adjacent to an activating group) is 1. The third-order valence-corrected chi connectivity index (χ3v) is 4.66. The number of benzene rings is 2. The lowest BCUT2D eigenvalue weighted by Gasteiger charge is -2.10. The number of rotatable bonds is 4. The Morgan fingerprint density at radius 1 is 1.17 bits per heavy atom. The Bertz CT molecular complexity index is 804. The lowest BCUT2D eigenvalue weighted by atomic mass is 10.2. The number of aromatic amines is 1. The molecule has 0 amide bonds. The van der Waals surface area contributed by atoms with Gasteiger partial charge in [-0.05, 0) is 63.6 Å². The highest BCUT2D eigenvalue weighted by molar-refractivity contribution is 7.73. The molecule has 3 aromatic rings. The Hall–Kier alpha value is -1.40. The van der Waals surface area contributed by atoms with Gasteiger partial charge in [-0.15, -0.1) is 11.3 Å². The highest BCUT2D eigenvalue weighted by Gasteiger charge is 2.00. The van der Waals surface area contributed by atoms with Crippen LogP contribution in [0.5, 0.6) is 5.75 Å². The van der Waals surface area contributed by atoms with E-state index in [9.17, 15) is 0 Å². The zero-order chi connectivity index (χ0) is 17.5. The smallest absolute Gasteiger partial charge is 0.159 e. The van der Waals surface area contributed by atoms with E-state index < -0.39 is 0 Å². The van der Waals surface area contributed by atoms with Gasteiger partial charge in [0.25, 0.3) is 0 Å². The van der Waals surface area contributed by atoms with Gasteiger partial charge in [0.1, 0.15) is 12.4 Å². The molecule has 0 bridgehead atoms. The quantitative estimate of drug-likeness (QED) is 0.601. The summed E-state index contributed by atoms with van der Waals surface area (Å²) < 4.78 is 7.60. The van der Waals surface area contributed by atoms with Crippen LogP contribution in [0.2, 0.25) is 5.02 Å². The van der Waals surface area contributed by atoms with Crippen LogP contribution < -0.4 is 4.74 Å². The van der Waals surface area contributed by atoms with Crippen molar-refractivity contribution in [2.45, 2.75) is 6.92 Å². The van der Waals surface area contributed by atoms with E-state index in [0.717, 1.165) is 31.5 Å². The maximum Gasteiger partial charge on any atom is 0.159 e. The fourth-order valence-electron chi connectivity index (χ4n) is 1.89. The van der Waals surface area contributed by atoms with Crippen LogP contribution in [-0.2, 0) is 0 Å². The molecule has 3 nitrogen and oxygen atoms in total. The van der Waals surface area contributed by atoms with E-state index in [1.807, 2.05) is 63.5 Å². The highest BCUT2D eigenvalue weighted by Crippen LogP contribution is 2.24. The average Bonchev–Trinajstić information content (AvgIpc) is 2.90. The van der Waals surface area contributed by atoms with Gasteiger partial charge in [0, 0.05) is 11.6 Å². The molecule has 0 aliphatic heterocycles. The van der Waals surface area contributed by atoms with Crippen molar-refractivity contribution >= 4 is 45.4 Å². The molecular formula is C18H21ClN2OS2. The van der Waals surface area contributed by atoms with Crippen molar-refractivity contribution < 1.29 is 4.74 Å². The standard InChI is InChI=1S/C11H14N2OS2.C7H7Cl/c1-13(2)5-6-14-8-3-4-9-10(7-8)16-11(15)12-9;1-6-2-4-7(8)5-3-6/h3-4,7H,5-6H2,1-2H3,(H,12,15);2-5H,1H3. The SMILES string of the molecule is CN(C)CCOc1ccc2[nH]c(=S)sc2c1.Cc1ccc(Cl)cc1. The number of nitrogens with one attached hydrogen (secondary N) is 1. The lowest BCUT2D eigenvalue weighted by Crippen LogP contribution is -2.19. The van der Waals surface area contributed by atoms with Gasteiger partial charge in [0.15, 0.2) is 3.95 Å². The van der Waals surface area contributed by atoms with Crippen molar-refractivity contribution in [3.05, 3.63) is 57.0 Å². The van der Waals surface area contributed by atoms with Crippen molar-refractivity contribution in [2.75, 3.05) is 27.2 Å². The Kier molecular flexibility index (Phi) is 7.24. The monoisotopic (exact) mass is 380 g/mol. The summed E-state index contributed by atoms with van der Waals surface area (Å²) in [5.74, 6) is 0.902. The number of fused-ring (bicyclic) bond motifs is 1. The Labute approximate surface area is 156 Å². The van der Waals surface area contributed by atoms with Gasteiger partial charge >= 0.3 is 0 Å². The second kappa shape index (κ2) is 9.18. The molecule has 0 aliphatic carbocycles. The molecular weight excluding hydrogens is 360 g/mol. The number of H-pyrrole nitrogens is 1. The molecule has 0 spiro atoms. The molecule has 6 heteroatoms. The average molecular weight is 381 g/mol. The van der Waals surface area contributed by atoms with Crippen LogP contribution in [0.4, 0.5) is 0 Å². The minimum absolute atomic E-state index is 0.703. The van der Waals surface area contributed by atoms with Gasteiger partial charge in [-0.1, -0.05) is 29.3 Å². The summed E-state index contributed by atoms with van der Waals surface area (Å²) in [5.41, 5.74) is 2.32. The second-order valence-electron chi connectivity index (χ2n) is 5.62. The fourth-order valence-corrected chi connectivity index (χ4v) is 3.16. The van der Waals surface area contributed by atoms with Crippen molar-refractivity contribution in [3.8, 4) is 5.75 Å². The molecule has 1 heterocycles. The molecule has 0 unspecified atom stereocenters. The zero-order valence-electron chi connectivity index (χ0n) is 14.0. The molecule has 1 aromatic heterocycles. The van der Waals surface area contributed by atoms with E-state index >= 15 is 0 Å². The van der Waals surface area contributed by atoms with E-state index in [-0.39, 0.29) is 0 Å². The summed E-state index contributed by atoms with van der Waals surface area (Å²) in [6.07, 6.45) is 0. The van der Waals surface area contributed by atoms with Crippen molar-refractivity contribution in [1.82, 2.24) is 9.88 Å². The van der Waals surface area contributed by atoms with Crippen LogP contribution in [0.3, 0.4) is 0 Å². The third-order valence-electron chi connectivity index (χ3n) is 3.21. The van der Waals surface area contributed by atoms with Crippen LogP contribution in [0.15, 0.2) is 42.5 Å². The van der Waals surface area contributed by atoms with Gasteiger partial charge in [0.2, 0.25) is 0 Å². The van der Waals surface area contributed by atoms with Crippen molar-refractivity contribution in [2.24, 2.45) is 0 Å². The Morgan fingerprint density at radius 2 is 1.88 bits per heavy atom. The molecule has 3 rings (SSSR count). The summed E-state index contributed by atoms with van der Waals surface area (Å²) >= 11 is 12.3. The largest absolute Gasteiger partial charge is 0.492 e. The maximum absolute atomic E-state index is 5.65. The molecule has 0 fully saturated rings. The summed E-state index contributed by atoms with van der Waals surface area (Å²) in [6.45, 7) is 3.66. The number of thiazole rings is 1. The first-order valence-electron chi connectivity index (χ1n) is 7.56. The topological polar surface area (TPSA) is 28.3 Å². The highest BCUT2D eigenvalue weighted by atomic mass is 35.5. The minimum Gasteiger partial charge on any atom is -0.492 e. The fraction of sp³-hybridized carbons (Fsp3) is 0.278. The van der Waals surface area contributed by atoms with Gasteiger partial charge in [0.05, 0.1) is 10.2 Å². The van der Waals surface area contributed by atoms with Crippen LogP contribution in [0.1, 0.15) is 5.56 Å². The zero-order valence-corrected chi connectivity index (χ0v) is 16.4. The number of nitrogens with zero attached hydrogens (tertiary/aromatic N) is 1. The summed E-state index contributed by atoms with van der Waals surface area (Å²) in [7, 11) is 4.06. The Balaban J connectivity index is 0.000000219. The van der Waals surface area contributed by atoms with E-state index in [0.29, 0.717) is 6.61 Å². The molecule has 24 heavy (non-hydrogen) atoms. The molecule has 0 atom stereocenters. The number of hydrogen-bond acceptors (Lipinski definition) is 4. The molecule has 0 saturated heterocycles. The predicted molar refractivity (Wildman–Crippen MR) is 107 cm³/mol. The molecule has 0 radical (unpaired) electrons. The van der Waals surface area contributed by atoms with Gasteiger partial charge < -0.3 is 14.6 Å². The first kappa shape index (κ1) is 18.9. The third kappa shape index (κ3) is 6.24. The van der Waals surface area contributed by atoms with E-state index in [1.54, 1.807) is 11.3 Å². The summed E-state index contributed by atoms with van der Waals surface area (Å²) in [4.78, 5) is 5.23. The van der Waals surface area contributed by atoms with Crippen molar-refractivity contribution in [3.63, 3.8) is 0 Å². The number of hydrogen-bond donors (Lipinski definition) is 1. The van der Waals surface area contributed by atoms with Gasteiger partial charge in [-0.3, -0.25) is 0 Å². The van der Waals surface area contributed by atoms with Crippen LogP contribution >= 0.6 is 35.2 Å². The van der Waals surface area contributed by atoms with Crippen LogP contribution in [0.25, 0.3) is 10.2 Å². The Morgan fingerprint density at radius 3 is 2.50 bits per heavy atom. The summed E-state index contributed by atoms with van der Waals surface area (Å²) in [6, 6.07) is 13.8. The normalized spacial score (nSPS) is 10.5. The first-order valence-corrected chi connectivity index (χ1v) is 9.17. The van der Waals surface area contributed by atoms with Crippen molar-refractivity contribution in [1.29, 1.82) is 0 Å². The molecule has 0 aliphatic rings. The van der Waals surface area contributed by atoms with Crippen LogP contribution in [0, 0.1) is 10.9 Å². The second-order valence-corrected chi connectivity index (χ2v) is 7.78. The van der Waals surface area contributed by atoms with E-state index in [4.69, 9.17) is 28.6 Å². The minimum atomic E-state index is 0.703. The lowest BCUT2D eigenvalue weighted by molar-refractivity contribution is 0.261. The van der Waals surface area contributed by atoms with E-state index in [1.165, 1.54) is 5.56 Å². The van der Waals surface area contributed by atoms with Gasteiger partial charge in [-0.25, -0.2) is 0 Å². The number of ether oxygens (including phenoxy) is 1. The van der Waals surface area contributed by atoms with E-state index in [2.05, 4.69) is 9.88 Å². The summed E-state index contributed by atoms with van der Waals surface area (Å²) in [5, 5.41) is 0.801. The number of aryl methyl sites for hydroxylation is 1. The predicted octanol–water partition coefficient (Wildman–Crippen LogP) is 5.55. The molecule has 1 N–H and O–H groups in total. The first-order chi connectivity index (χ1) is 11.4. The molecule has 128 valence electrons. The number of halogens is 1. The van der Waals surface area contributed by atoms with Gasteiger partial charge in [-0.2, -0.15) is 0 Å². The molecule has 0 saturated carbocycles. The van der Waals surface area contributed by atoms with Crippen LogP contribution in [-0.4, -0.2) is 37.1 Å². The molecule has 2 aromatic carbocycles. The maximum atomic E-state index is 5.65.